The van der Waals surface area contributed by atoms with Crippen molar-refractivity contribution in [2.45, 2.75) is 13.8 Å². The Labute approximate surface area is 81.4 Å². The van der Waals surface area contributed by atoms with Gasteiger partial charge in [-0.1, -0.05) is 19.8 Å². The summed E-state index contributed by atoms with van der Waals surface area (Å²) in [5, 5.41) is 8.23. The molecule has 1 heterocycles. The van der Waals surface area contributed by atoms with E-state index in [9.17, 15) is 4.79 Å². The number of hydrogen-bond donors (Lipinski definition) is 2. The highest BCUT2D eigenvalue weighted by atomic mass is 32.1. The fraction of sp³-hybridized carbons (Fsp3) is 0.222. The lowest BCUT2D eigenvalue weighted by atomic mass is 10.4. The predicted octanol–water partition coefficient (Wildman–Crippen LogP) is 1.87. The molecule has 1 amide bonds. The van der Waals surface area contributed by atoms with Crippen molar-refractivity contribution in [3.63, 3.8) is 0 Å². The highest BCUT2D eigenvalue weighted by Gasteiger charge is 2.05. The van der Waals surface area contributed by atoms with Gasteiger partial charge in [0.1, 0.15) is 0 Å². The summed E-state index contributed by atoms with van der Waals surface area (Å²) in [6, 6.07) is 3.21. The molecule has 0 aliphatic heterocycles. The van der Waals surface area contributed by atoms with Gasteiger partial charge in [0.2, 0.25) is 0 Å². The Bertz CT molecular complexity index is 312. The van der Waals surface area contributed by atoms with Crippen LogP contribution in [0.25, 0.3) is 0 Å². The maximum atomic E-state index is 10.7. The number of hydrogen-bond acceptors (Lipinski definition) is 3. The van der Waals surface area contributed by atoms with Crippen molar-refractivity contribution >= 4 is 17.2 Å². The second-order valence-corrected chi connectivity index (χ2v) is 2.83. The zero-order valence-electron chi connectivity index (χ0n) is 7.50. The van der Waals surface area contributed by atoms with Crippen LogP contribution in [0.15, 0.2) is 12.1 Å². The van der Waals surface area contributed by atoms with Crippen LogP contribution in [0.4, 0.5) is 0 Å². The molecule has 0 fully saturated rings. The maximum Gasteiger partial charge on any atom is 0.284 e. The van der Waals surface area contributed by atoms with Crippen LogP contribution in [-0.4, -0.2) is 11.1 Å². The molecule has 0 aliphatic rings. The van der Waals surface area contributed by atoms with Crippen LogP contribution in [0, 0.1) is 12.3 Å². The minimum absolute atomic E-state index is 0.403. The summed E-state index contributed by atoms with van der Waals surface area (Å²) in [4.78, 5) is 11.8. The molecule has 13 heavy (non-hydrogen) atoms. The van der Waals surface area contributed by atoms with E-state index < -0.39 is 5.91 Å². The Morgan fingerprint density at radius 2 is 2.23 bits per heavy atom. The molecule has 0 aromatic carbocycles. The van der Waals surface area contributed by atoms with Gasteiger partial charge < -0.3 is 0 Å². The predicted molar refractivity (Wildman–Crippen MR) is 52.9 cm³/mol. The molecule has 1 rings (SSSR count). The highest BCUT2D eigenvalue weighted by molar-refractivity contribution is 7.14. The molecule has 0 atom stereocenters. The molecule has 0 spiro atoms. The van der Waals surface area contributed by atoms with E-state index >= 15 is 0 Å². The Morgan fingerprint density at radius 1 is 1.62 bits per heavy atom. The smallest absolute Gasteiger partial charge is 0.284 e. The van der Waals surface area contributed by atoms with Gasteiger partial charge in [-0.15, -0.1) is 17.8 Å². The average Bonchev–Trinajstić information content (AvgIpc) is 2.68. The number of carbonyl (C=O) groups is 1. The standard InChI is InChI=1S/C7H5NO2S.C2H6/c1-2-5-3-4-6(11-5)7(9)8-10;1-2/h1,3-4,10H,(H,8,9);1-2H3. The number of amides is 1. The first-order valence-corrected chi connectivity index (χ1v) is 4.60. The van der Waals surface area contributed by atoms with E-state index in [4.69, 9.17) is 11.6 Å². The van der Waals surface area contributed by atoms with E-state index in [0.717, 1.165) is 11.3 Å². The Hall–Kier alpha value is -1.31. The van der Waals surface area contributed by atoms with Gasteiger partial charge in [0.25, 0.3) is 5.91 Å². The molecular weight excluding hydrogens is 186 g/mol. The van der Waals surface area contributed by atoms with Gasteiger partial charge in [-0.05, 0) is 12.1 Å². The number of terminal acetylenes is 1. The SMILES string of the molecule is C#Cc1ccc(C(=O)NO)s1.CC. The molecule has 1 aromatic rings. The second-order valence-electron chi connectivity index (χ2n) is 1.75. The average molecular weight is 197 g/mol. The monoisotopic (exact) mass is 197 g/mol. The summed E-state index contributed by atoms with van der Waals surface area (Å²) >= 11 is 1.16. The molecule has 70 valence electrons. The van der Waals surface area contributed by atoms with Gasteiger partial charge in [0, 0.05) is 0 Å². The van der Waals surface area contributed by atoms with Gasteiger partial charge in [-0.25, -0.2) is 5.48 Å². The van der Waals surface area contributed by atoms with E-state index in [1.807, 2.05) is 13.8 Å². The molecule has 0 unspecified atom stereocenters. The first-order valence-electron chi connectivity index (χ1n) is 3.79. The van der Waals surface area contributed by atoms with Gasteiger partial charge in [-0.3, -0.25) is 10.0 Å². The normalized spacial score (nSPS) is 7.85. The molecule has 3 nitrogen and oxygen atoms in total. The van der Waals surface area contributed by atoms with Crippen molar-refractivity contribution in [3.8, 4) is 12.3 Å². The van der Waals surface area contributed by atoms with Crippen LogP contribution in [-0.2, 0) is 0 Å². The van der Waals surface area contributed by atoms with Crippen molar-refractivity contribution in [1.82, 2.24) is 5.48 Å². The fourth-order valence-electron chi connectivity index (χ4n) is 0.593. The Balaban J connectivity index is 0.000000671. The van der Waals surface area contributed by atoms with Crippen LogP contribution in [0.3, 0.4) is 0 Å². The van der Waals surface area contributed by atoms with Gasteiger partial charge in [0.05, 0.1) is 9.75 Å². The molecule has 0 saturated carbocycles. The van der Waals surface area contributed by atoms with Crippen LogP contribution >= 0.6 is 11.3 Å². The molecule has 1 aromatic heterocycles. The third-order valence-corrected chi connectivity index (χ3v) is 2.09. The number of carbonyl (C=O) groups excluding carboxylic acids is 1. The summed E-state index contributed by atoms with van der Waals surface area (Å²) in [5.74, 6) is 1.85. The Morgan fingerprint density at radius 3 is 2.62 bits per heavy atom. The molecule has 0 bridgehead atoms. The van der Waals surface area contributed by atoms with Crippen molar-refractivity contribution in [3.05, 3.63) is 21.9 Å². The van der Waals surface area contributed by atoms with E-state index in [1.165, 1.54) is 5.48 Å². The highest BCUT2D eigenvalue weighted by Crippen LogP contribution is 2.14. The van der Waals surface area contributed by atoms with Crippen LogP contribution in [0.5, 0.6) is 0 Å². The van der Waals surface area contributed by atoms with Gasteiger partial charge in [0.15, 0.2) is 0 Å². The molecular formula is C9H11NO2S. The minimum Gasteiger partial charge on any atom is -0.288 e. The topological polar surface area (TPSA) is 49.3 Å². The second kappa shape index (κ2) is 6.23. The largest absolute Gasteiger partial charge is 0.288 e. The minimum atomic E-state index is -0.531. The van der Waals surface area contributed by atoms with Crippen LogP contribution in [0.2, 0.25) is 0 Å². The summed E-state index contributed by atoms with van der Waals surface area (Å²) in [7, 11) is 0. The molecule has 0 aliphatic carbocycles. The van der Waals surface area contributed by atoms with Gasteiger partial charge in [-0.2, -0.15) is 0 Å². The third-order valence-electron chi connectivity index (χ3n) is 1.07. The van der Waals surface area contributed by atoms with Crippen molar-refractivity contribution in [1.29, 1.82) is 0 Å². The third kappa shape index (κ3) is 3.28. The maximum absolute atomic E-state index is 10.7. The van der Waals surface area contributed by atoms with Crippen molar-refractivity contribution < 1.29 is 10.0 Å². The number of hydroxylamine groups is 1. The van der Waals surface area contributed by atoms with Crippen LogP contribution < -0.4 is 5.48 Å². The first-order chi connectivity index (χ1) is 6.27. The first kappa shape index (κ1) is 11.7. The van der Waals surface area contributed by atoms with E-state index in [-0.39, 0.29) is 0 Å². The number of rotatable bonds is 1. The van der Waals surface area contributed by atoms with Crippen molar-refractivity contribution in [2.75, 3.05) is 0 Å². The van der Waals surface area contributed by atoms with E-state index in [2.05, 4.69) is 5.92 Å². The lowest BCUT2D eigenvalue weighted by molar-refractivity contribution is 0.0711. The summed E-state index contributed by atoms with van der Waals surface area (Å²) in [6.07, 6.45) is 5.07. The van der Waals surface area contributed by atoms with Crippen molar-refractivity contribution in [2.24, 2.45) is 0 Å². The van der Waals surface area contributed by atoms with Crippen LogP contribution in [0.1, 0.15) is 28.4 Å². The lowest BCUT2D eigenvalue weighted by Gasteiger charge is -1.89. The van der Waals surface area contributed by atoms with E-state index in [0.29, 0.717) is 9.75 Å². The summed E-state index contributed by atoms with van der Waals surface area (Å²) in [5.41, 5.74) is 1.52. The fourth-order valence-corrected chi connectivity index (χ4v) is 1.30. The molecule has 0 saturated heterocycles. The molecule has 0 radical (unpaired) electrons. The van der Waals surface area contributed by atoms with E-state index in [1.54, 1.807) is 12.1 Å². The Kier molecular flexibility index (Phi) is 5.60. The van der Waals surface area contributed by atoms with Gasteiger partial charge >= 0.3 is 0 Å². The molecule has 2 N–H and O–H groups in total. The summed E-state index contributed by atoms with van der Waals surface area (Å²) < 4.78 is 0. The molecule has 4 heteroatoms. The quantitative estimate of drug-likeness (QED) is 0.410. The number of nitrogens with one attached hydrogen (secondary N) is 1. The lowest BCUT2D eigenvalue weighted by Crippen LogP contribution is -2.16. The zero-order valence-corrected chi connectivity index (χ0v) is 8.31. The zero-order chi connectivity index (χ0) is 10.3. The summed E-state index contributed by atoms with van der Waals surface area (Å²) in [6.45, 7) is 4.00. The number of thiophene rings is 1.